The summed E-state index contributed by atoms with van der Waals surface area (Å²) < 4.78 is 23.4. The van der Waals surface area contributed by atoms with Crippen LogP contribution in [-0.4, -0.2) is 67.2 Å². The first-order valence-electron chi connectivity index (χ1n) is 10.9. The first-order valence-corrected chi connectivity index (χ1v) is 12.7. The number of nitrogens with zero attached hydrogens (tertiary/aromatic N) is 2. The van der Waals surface area contributed by atoms with Gasteiger partial charge in [0.1, 0.15) is 0 Å². The van der Waals surface area contributed by atoms with Crippen LogP contribution in [0.2, 0.25) is 0 Å². The van der Waals surface area contributed by atoms with Gasteiger partial charge in [0.15, 0.2) is 9.84 Å². The van der Waals surface area contributed by atoms with E-state index in [-0.39, 0.29) is 35.8 Å². The van der Waals surface area contributed by atoms with Crippen molar-refractivity contribution in [1.29, 1.82) is 0 Å². The normalized spacial score (nSPS) is 29.3. The molecule has 1 N–H and O–H groups in total. The Morgan fingerprint density at radius 2 is 1.93 bits per heavy atom. The number of anilines is 1. The number of piperidine rings is 1. The first kappa shape index (κ1) is 21.3. The highest BCUT2D eigenvalue weighted by atomic mass is 32.2. The molecule has 2 amide bonds. The maximum Gasteiger partial charge on any atom is 0.229 e. The summed E-state index contributed by atoms with van der Waals surface area (Å²) in [7, 11) is -3.06. The first-order chi connectivity index (χ1) is 14.3. The van der Waals surface area contributed by atoms with E-state index in [0.717, 1.165) is 31.2 Å². The number of likely N-dealkylation sites (tertiary alicyclic amines) is 2. The Hall–Kier alpha value is -1.93. The van der Waals surface area contributed by atoms with Crippen molar-refractivity contribution in [2.24, 2.45) is 11.8 Å². The van der Waals surface area contributed by atoms with E-state index in [1.54, 1.807) is 4.90 Å². The van der Waals surface area contributed by atoms with Crippen LogP contribution in [-0.2, 0) is 26.0 Å². The zero-order valence-electron chi connectivity index (χ0n) is 17.5. The number of hydrogen-bond donors (Lipinski definition) is 1. The lowest BCUT2D eigenvalue weighted by Gasteiger charge is -2.30. The maximum absolute atomic E-state index is 12.7. The zero-order chi connectivity index (χ0) is 21.3. The summed E-state index contributed by atoms with van der Waals surface area (Å²) in [5.41, 5.74) is 1.96. The topological polar surface area (TPSA) is 86.8 Å². The van der Waals surface area contributed by atoms with Crippen LogP contribution in [0.5, 0.6) is 0 Å². The highest BCUT2D eigenvalue weighted by Crippen LogP contribution is 2.27. The lowest BCUT2D eigenvalue weighted by Crippen LogP contribution is -2.38. The number of sulfone groups is 1. The molecule has 0 saturated carbocycles. The fourth-order valence-electron chi connectivity index (χ4n) is 4.91. The van der Waals surface area contributed by atoms with E-state index < -0.39 is 15.8 Å². The van der Waals surface area contributed by atoms with Gasteiger partial charge in [0.2, 0.25) is 11.8 Å². The Morgan fingerprint density at radius 3 is 2.60 bits per heavy atom. The molecule has 3 saturated heterocycles. The molecule has 30 heavy (non-hydrogen) atoms. The Balaban J connectivity index is 1.30. The molecule has 0 bridgehead atoms. The van der Waals surface area contributed by atoms with Crippen molar-refractivity contribution in [3.8, 4) is 0 Å². The Kier molecular flexibility index (Phi) is 6.16. The highest BCUT2D eigenvalue weighted by molar-refractivity contribution is 7.91. The van der Waals surface area contributed by atoms with Gasteiger partial charge in [0.25, 0.3) is 0 Å². The van der Waals surface area contributed by atoms with Crippen LogP contribution < -0.4 is 5.32 Å². The summed E-state index contributed by atoms with van der Waals surface area (Å²) in [6, 6.07) is 7.64. The summed E-state index contributed by atoms with van der Waals surface area (Å²) in [4.78, 5) is 29.1. The Morgan fingerprint density at radius 1 is 1.17 bits per heavy atom. The smallest absolute Gasteiger partial charge is 0.229 e. The Bertz CT molecular complexity index is 899. The molecule has 0 radical (unpaired) electrons. The van der Waals surface area contributed by atoms with E-state index in [4.69, 9.17) is 0 Å². The number of hydrogen-bond acceptors (Lipinski definition) is 5. The van der Waals surface area contributed by atoms with Crippen LogP contribution in [0.25, 0.3) is 0 Å². The van der Waals surface area contributed by atoms with E-state index in [1.807, 2.05) is 24.3 Å². The summed E-state index contributed by atoms with van der Waals surface area (Å²) in [6.45, 7) is 5.79. The quantitative estimate of drug-likeness (QED) is 0.766. The third kappa shape index (κ3) is 5.03. The molecule has 0 spiro atoms. The minimum atomic E-state index is -3.06. The summed E-state index contributed by atoms with van der Waals surface area (Å²) >= 11 is 0. The van der Waals surface area contributed by atoms with E-state index in [2.05, 4.69) is 17.1 Å². The van der Waals surface area contributed by atoms with Crippen molar-refractivity contribution >= 4 is 27.3 Å². The van der Waals surface area contributed by atoms with Gasteiger partial charge in [0.05, 0.1) is 17.4 Å². The van der Waals surface area contributed by atoms with Gasteiger partial charge in [0, 0.05) is 37.8 Å². The van der Waals surface area contributed by atoms with Crippen LogP contribution >= 0.6 is 0 Å². The SMILES string of the molecule is C[C@@H]1CCCN(Cc2ccc(NC(=O)[C@H]3CC(=O)N([C@@H]4CCS(=O)(=O)C4)C3)cc2)C1. The lowest BCUT2D eigenvalue weighted by molar-refractivity contribution is -0.129. The average molecular weight is 434 g/mol. The molecule has 4 rings (SSSR count). The van der Waals surface area contributed by atoms with Gasteiger partial charge in [-0.3, -0.25) is 14.5 Å². The fourth-order valence-corrected chi connectivity index (χ4v) is 6.64. The molecule has 1 aromatic rings. The van der Waals surface area contributed by atoms with Crippen LogP contribution in [0.15, 0.2) is 24.3 Å². The minimum absolute atomic E-state index is 0.0182. The number of carbonyl (C=O) groups is 2. The molecule has 3 heterocycles. The minimum Gasteiger partial charge on any atom is -0.338 e. The molecule has 3 aliphatic rings. The van der Waals surface area contributed by atoms with E-state index in [9.17, 15) is 18.0 Å². The van der Waals surface area contributed by atoms with Crippen LogP contribution in [0.3, 0.4) is 0 Å². The molecule has 3 atom stereocenters. The van der Waals surface area contributed by atoms with Crippen molar-refractivity contribution in [1.82, 2.24) is 9.80 Å². The fraction of sp³-hybridized carbons (Fsp3) is 0.636. The molecule has 0 aromatic heterocycles. The largest absolute Gasteiger partial charge is 0.338 e. The van der Waals surface area contributed by atoms with Crippen LogP contribution in [0.4, 0.5) is 5.69 Å². The standard InChI is InChI=1S/C22H31N3O4S/c1-16-3-2-9-24(12-16)13-17-4-6-19(7-5-17)23-22(27)18-11-21(26)25(14-18)20-8-10-30(28,29)15-20/h4-7,16,18,20H,2-3,8-15H2,1H3,(H,23,27)/t16-,18+,20-/m1/s1. The second-order valence-electron chi connectivity index (χ2n) is 9.17. The molecular formula is C22H31N3O4S. The van der Waals surface area contributed by atoms with Gasteiger partial charge in [-0.15, -0.1) is 0 Å². The third-order valence-electron chi connectivity index (χ3n) is 6.55. The van der Waals surface area contributed by atoms with E-state index in [1.165, 1.54) is 18.4 Å². The number of rotatable bonds is 5. The van der Waals surface area contributed by atoms with Crippen LogP contribution in [0.1, 0.15) is 38.2 Å². The molecule has 3 aliphatic heterocycles. The second-order valence-corrected chi connectivity index (χ2v) is 11.4. The lowest BCUT2D eigenvalue weighted by atomic mass is 10.00. The monoisotopic (exact) mass is 433 g/mol. The summed E-state index contributed by atoms with van der Waals surface area (Å²) in [5, 5.41) is 2.92. The zero-order valence-corrected chi connectivity index (χ0v) is 18.4. The maximum atomic E-state index is 12.7. The van der Waals surface area contributed by atoms with Crippen molar-refractivity contribution in [2.45, 2.75) is 45.2 Å². The predicted octanol–water partition coefficient (Wildman–Crippen LogP) is 1.89. The van der Waals surface area contributed by atoms with Crippen LogP contribution in [0, 0.1) is 11.8 Å². The molecule has 164 valence electrons. The molecule has 0 aliphatic carbocycles. The van der Waals surface area contributed by atoms with Crippen molar-refractivity contribution in [3.63, 3.8) is 0 Å². The van der Waals surface area contributed by atoms with Crippen molar-refractivity contribution in [3.05, 3.63) is 29.8 Å². The average Bonchev–Trinajstić information content (AvgIpc) is 3.25. The Labute approximate surface area is 178 Å². The number of amides is 2. The van der Waals surface area contributed by atoms with Gasteiger partial charge >= 0.3 is 0 Å². The number of carbonyl (C=O) groups excluding carboxylic acids is 2. The molecule has 0 unspecified atom stereocenters. The van der Waals surface area contributed by atoms with E-state index >= 15 is 0 Å². The van der Waals surface area contributed by atoms with Gasteiger partial charge < -0.3 is 10.2 Å². The van der Waals surface area contributed by atoms with Gasteiger partial charge in [-0.25, -0.2) is 8.42 Å². The predicted molar refractivity (Wildman–Crippen MR) is 116 cm³/mol. The summed E-state index contributed by atoms with van der Waals surface area (Å²) in [5.74, 6) is 0.157. The molecular weight excluding hydrogens is 402 g/mol. The van der Waals surface area contributed by atoms with Gasteiger partial charge in [-0.05, 0) is 49.4 Å². The molecule has 3 fully saturated rings. The van der Waals surface area contributed by atoms with Crippen molar-refractivity contribution in [2.75, 3.05) is 36.5 Å². The number of nitrogens with one attached hydrogen (secondary N) is 1. The van der Waals surface area contributed by atoms with Gasteiger partial charge in [-0.2, -0.15) is 0 Å². The molecule has 1 aromatic carbocycles. The third-order valence-corrected chi connectivity index (χ3v) is 8.30. The van der Waals surface area contributed by atoms with E-state index in [0.29, 0.717) is 13.0 Å². The number of benzene rings is 1. The summed E-state index contributed by atoms with van der Waals surface area (Å²) in [6.07, 6.45) is 3.17. The molecule has 7 nitrogen and oxygen atoms in total. The highest BCUT2D eigenvalue weighted by Gasteiger charge is 2.41. The molecule has 8 heteroatoms. The second kappa shape index (κ2) is 8.67. The van der Waals surface area contributed by atoms with Crippen molar-refractivity contribution < 1.29 is 18.0 Å². The van der Waals surface area contributed by atoms with Gasteiger partial charge in [-0.1, -0.05) is 19.1 Å².